The maximum atomic E-state index is 12.1. The molecule has 3 rings (SSSR count). The zero-order chi connectivity index (χ0) is 16.2. The standard InChI is InChI=1S/C17H23BO4/c1-15(2)16(3,4)22-18(21-15)12-7-6-8-13(11-12)20-14(19)17(5)9-10-17/h6-8,11H,9-10H2,1-5H3. The molecule has 1 aromatic carbocycles. The summed E-state index contributed by atoms with van der Waals surface area (Å²) >= 11 is 0. The lowest BCUT2D eigenvalue weighted by molar-refractivity contribution is -0.139. The van der Waals surface area contributed by atoms with Crippen LogP contribution in [0.4, 0.5) is 0 Å². The summed E-state index contributed by atoms with van der Waals surface area (Å²) < 4.78 is 17.5. The number of esters is 1. The summed E-state index contributed by atoms with van der Waals surface area (Å²) in [5, 5.41) is 0. The molecule has 0 aromatic heterocycles. The fraction of sp³-hybridized carbons (Fsp3) is 0.588. The molecule has 0 amide bonds. The van der Waals surface area contributed by atoms with Gasteiger partial charge in [0.05, 0.1) is 16.6 Å². The van der Waals surface area contributed by atoms with Crippen LogP contribution in [0.3, 0.4) is 0 Å². The topological polar surface area (TPSA) is 44.8 Å². The van der Waals surface area contributed by atoms with Crippen molar-refractivity contribution in [1.29, 1.82) is 0 Å². The maximum Gasteiger partial charge on any atom is 0.494 e. The molecule has 118 valence electrons. The molecule has 1 aliphatic heterocycles. The van der Waals surface area contributed by atoms with Crippen molar-refractivity contribution in [3.8, 4) is 5.75 Å². The van der Waals surface area contributed by atoms with Gasteiger partial charge in [0.25, 0.3) is 0 Å². The second-order valence-electron chi connectivity index (χ2n) is 7.61. The van der Waals surface area contributed by atoms with Crippen molar-refractivity contribution in [2.75, 3.05) is 0 Å². The Bertz CT molecular complexity index is 588. The average molecular weight is 302 g/mol. The molecule has 4 nitrogen and oxygen atoms in total. The lowest BCUT2D eigenvalue weighted by Gasteiger charge is -2.32. The number of carbonyl (C=O) groups excluding carboxylic acids is 1. The monoisotopic (exact) mass is 302 g/mol. The van der Waals surface area contributed by atoms with Crippen LogP contribution in [0.5, 0.6) is 5.75 Å². The van der Waals surface area contributed by atoms with E-state index in [0.29, 0.717) is 5.75 Å². The van der Waals surface area contributed by atoms with E-state index in [1.54, 1.807) is 6.07 Å². The van der Waals surface area contributed by atoms with Crippen molar-refractivity contribution in [1.82, 2.24) is 0 Å². The summed E-state index contributed by atoms with van der Waals surface area (Å²) in [4.78, 5) is 12.1. The van der Waals surface area contributed by atoms with E-state index in [9.17, 15) is 4.79 Å². The van der Waals surface area contributed by atoms with Crippen molar-refractivity contribution in [3.63, 3.8) is 0 Å². The van der Waals surface area contributed by atoms with E-state index in [2.05, 4.69) is 0 Å². The largest absolute Gasteiger partial charge is 0.494 e. The van der Waals surface area contributed by atoms with Crippen LogP contribution >= 0.6 is 0 Å². The summed E-state index contributed by atoms with van der Waals surface area (Å²) in [5.74, 6) is 0.393. The molecule has 1 heterocycles. The highest BCUT2D eigenvalue weighted by Crippen LogP contribution is 2.46. The van der Waals surface area contributed by atoms with Gasteiger partial charge in [0.15, 0.2) is 0 Å². The molecule has 0 radical (unpaired) electrons. The van der Waals surface area contributed by atoms with Gasteiger partial charge < -0.3 is 14.0 Å². The molecule has 0 bridgehead atoms. The number of carbonyl (C=O) groups is 1. The zero-order valence-corrected chi connectivity index (χ0v) is 13.9. The minimum Gasteiger partial charge on any atom is -0.426 e. The summed E-state index contributed by atoms with van der Waals surface area (Å²) in [7, 11) is -0.444. The minimum atomic E-state index is -0.444. The van der Waals surface area contributed by atoms with E-state index >= 15 is 0 Å². The number of rotatable bonds is 3. The Hall–Kier alpha value is -1.33. The Morgan fingerprint density at radius 3 is 2.23 bits per heavy atom. The Kier molecular flexibility index (Phi) is 3.42. The van der Waals surface area contributed by atoms with Gasteiger partial charge in [-0.05, 0) is 65.1 Å². The van der Waals surface area contributed by atoms with Crippen LogP contribution in [0.15, 0.2) is 24.3 Å². The predicted octanol–water partition coefficient (Wildman–Crippen LogP) is 2.69. The molecule has 0 atom stereocenters. The third-order valence-electron chi connectivity index (χ3n) is 5.09. The molecule has 22 heavy (non-hydrogen) atoms. The third kappa shape index (κ3) is 2.68. The lowest BCUT2D eigenvalue weighted by Crippen LogP contribution is -2.41. The van der Waals surface area contributed by atoms with Crippen LogP contribution in [0.2, 0.25) is 0 Å². The van der Waals surface area contributed by atoms with Crippen molar-refractivity contribution in [2.24, 2.45) is 5.41 Å². The molecule has 2 fully saturated rings. The summed E-state index contributed by atoms with van der Waals surface area (Å²) in [6.07, 6.45) is 1.81. The molecule has 0 N–H and O–H groups in total. The lowest BCUT2D eigenvalue weighted by atomic mass is 9.79. The van der Waals surface area contributed by atoms with E-state index in [4.69, 9.17) is 14.0 Å². The Morgan fingerprint density at radius 2 is 1.68 bits per heavy atom. The average Bonchev–Trinajstić information content (AvgIpc) is 3.12. The van der Waals surface area contributed by atoms with Crippen molar-refractivity contribution in [2.45, 2.75) is 58.7 Å². The third-order valence-corrected chi connectivity index (χ3v) is 5.09. The smallest absolute Gasteiger partial charge is 0.426 e. The van der Waals surface area contributed by atoms with Crippen LogP contribution in [0.1, 0.15) is 47.5 Å². The molecule has 1 saturated heterocycles. The maximum absolute atomic E-state index is 12.1. The zero-order valence-electron chi connectivity index (χ0n) is 13.9. The van der Waals surface area contributed by atoms with Gasteiger partial charge in [-0.25, -0.2) is 0 Å². The predicted molar refractivity (Wildman–Crippen MR) is 85.1 cm³/mol. The molecule has 2 aliphatic rings. The van der Waals surface area contributed by atoms with E-state index in [-0.39, 0.29) is 22.6 Å². The fourth-order valence-electron chi connectivity index (χ4n) is 2.33. The molecule has 1 aliphatic carbocycles. The molecule has 1 saturated carbocycles. The normalized spacial score (nSPS) is 24.1. The SMILES string of the molecule is CC1(C(=O)Oc2cccc(B3OC(C)(C)C(C)(C)O3)c2)CC1. The van der Waals surface area contributed by atoms with Crippen molar-refractivity contribution < 1.29 is 18.8 Å². The van der Waals surface area contributed by atoms with Crippen LogP contribution in [0, 0.1) is 5.41 Å². The Balaban J connectivity index is 1.76. The van der Waals surface area contributed by atoms with Gasteiger partial charge in [-0.1, -0.05) is 12.1 Å². The first-order valence-electron chi connectivity index (χ1n) is 7.81. The van der Waals surface area contributed by atoms with Gasteiger partial charge >= 0.3 is 13.1 Å². The van der Waals surface area contributed by atoms with Gasteiger partial charge in [0.1, 0.15) is 5.75 Å². The van der Waals surface area contributed by atoms with Gasteiger partial charge in [-0.2, -0.15) is 0 Å². The van der Waals surface area contributed by atoms with E-state index in [0.717, 1.165) is 18.3 Å². The van der Waals surface area contributed by atoms with E-state index < -0.39 is 7.12 Å². The first-order chi connectivity index (χ1) is 10.1. The molecule has 5 heteroatoms. The number of hydrogen-bond acceptors (Lipinski definition) is 4. The second kappa shape index (κ2) is 4.83. The molecule has 0 unspecified atom stereocenters. The Morgan fingerprint density at radius 1 is 1.09 bits per heavy atom. The number of hydrogen-bond donors (Lipinski definition) is 0. The summed E-state index contributed by atoms with van der Waals surface area (Å²) in [6, 6.07) is 7.40. The molecular formula is C17H23BO4. The van der Waals surface area contributed by atoms with Crippen LogP contribution < -0.4 is 10.2 Å². The van der Waals surface area contributed by atoms with Crippen molar-refractivity contribution >= 4 is 18.6 Å². The first kappa shape index (κ1) is 15.6. The highest BCUT2D eigenvalue weighted by Gasteiger charge is 2.52. The van der Waals surface area contributed by atoms with Gasteiger partial charge in [0, 0.05) is 0 Å². The summed E-state index contributed by atoms with van der Waals surface area (Å²) in [6.45, 7) is 10.0. The van der Waals surface area contributed by atoms with Crippen molar-refractivity contribution in [3.05, 3.63) is 24.3 Å². The van der Waals surface area contributed by atoms with Gasteiger partial charge in [-0.3, -0.25) is 4.79 Å². The number of benzene rings is 1. The van der Waals surface area contributed by atoms with Crippen LogP contribution in [-0.4, -0.2) is 24.3 Å². The highest BCUT2D eigenvalue weighted by atomic mass is 16.7. The fourth-order valence-corrected chi connectivity index (χ4v) is 2.33. The first-order valence-corrected chi connectivity index (χ1v) is 7.81. The summed E-state index contributed by atoms with van der Waals surface area (Å²) in [5.41, 5.74) is -0.192. The van der Waals surface area contributed by atoms with E-state index in [1.165, 1.54) is 0 Å². The van der Waals surface area contributed by atoms with Crippen LogP contribution in [0.25, 0.3) is 0 Å². The Labute approximate surface area is 132 Å². The second-order valence-corrected chi connectivity index (χ2v) is 7.61. The molecule has 1 aromatic rings. The quantitative estimate of drug-likeness (QED) is 0.489. The molecule has 0 spiro atoms. The van der Waals surface area contributed by atoms with Crippen LogP contribution in [-0.2, 0) is 14.1 Å². The highest BCUT2D eigenvalue weighted by molar-refractivity contribution is 6.62. The van der Waals surface area contributed by atoms with E-state index in [1.807, 2.05) is 52.8 Å². The minimum absolute atomic E-state index is 0.154. The molecular weight excluding hydrogens is 279 g/mol. The van der Waals surface area contributed by atoms with Gasteiger partial charge in [-0.15, -0.1) is 0 Å². The number of ether oxygens (including phenoxy) is 1. The van der Waals surface area contributed by atoms with Gasteiger partial charge in [0.2, 0.25) is 0 Å².